The highest BCUT2D eigenvalue weighted by Crippen LogP contribution is 2.27. The quantitative estimate of drug-likeness (QED) is 0.531. The number of hydrogen-bond donors (Lipinski definition) is 2. The van der Waals surface area contributed by atoms with Crippen molar-refractivity contribution in [2.75, 3.05) is 6.61 Å². The Hall–Kier alpha value is -2.92. The second-order valence-electron chi connectivity index (χ2n) is 5.68. The van der Waals surface area contributed by atoms with Gasteiger partial charge in [0.05, 0.1) is 17.8 Å². The number of aromatic nitrogens is 1. The molecule has 0 saturated carbocycles. The zero-order valence-corrected chi connectivity index (χ0v) is 14.0. The Morgan fingerprint density at radius 2 is 1.92 bits per heavy atom. The first kappa shape index (κ1) is 16.9. The summed E-state index contributed by atoms with van der Waals surface area (Å²) in [4.78, 5) is 16.1. The van der Waals surface area contributed by atoms with Gasteiger partial charge < -0.3 is 4.74 Å². The summed E-state index contributed by atoms with van der Waals surface area (Å²) >= 11 is 0. The van der Waals surface area contributed by atoms with Crippen LogP contribution in [-0.2, 0) is 11.2 Å². The van der Waals surface area contributed by atoms with Gasteiger partial charge in [0.25, 0.3) is 0 Å². The van der Waals surface area contributed by atoms with Gasteiger partial charge in [-0.3, -0.25) is 10.0 Å². The van der Waals surface area contributed by atoms with Crippen LogP contribution in [0.15, 0.2) is 54.6 Å². The predicted octanol–water partition coefficient (Wildman–Crippen LogP) is 3.74. The molecule has 25 heavy (non-hydrogen) atoms. The highest BCUT2D eigenvalue weighted by atomic mass is 16.5. The van der Waals surface area contributed by atoms with Crippen molar-refractivity contribution in [3.8, 4) is 17.0 Å². The van der Waals surface area contributed by atoms with Crippen LogP contribution >= 0.6 is 0 Å². The van der Waals surface area contributed by atoms with Gasteiger partial charge in [0.2, 0.25) is 5.91 Å². The van der Waals surface area contributed by atoms with E-state index in [1.165, 1.54) is 0 Å². The van der Waals surface area contributed by atoms with Gasteiger partial charge >= 0.3 is 0 Å². The molecule has 0 aliphatic rings. The molecule has 0 saturated heterocycles. The van der Waals surface area contributed by atoms with Crippen LogP contribution in [0.3, 0.4) is 0 Å². The zero-order chi connectivity index (χ0) is 17.6. The molecule has 3 aromatic rings. The number of fused-ring (bicyclic) bond motifs is 1. The SMILES string of the molecule is CCOc1ccc(-c2cc(CCC(=O)NO)c3ccccc3n2)cc1. The maximum Gasteiger partial charge on any atom is 0.243 e. The van der Waals surface area contributed by atoms with Crippen molar-refractivity contribution >= 4 is 16.8 Å². The standard InChI is InChI=1S/C20H20N2O3/c1-2-25-16-10-7-14(8-11-16)19-13-15(9-12-20(23)22-24)17-5-3-4-6-18(17)21-19/h3-8,10-11,13,24H,2,9,12H2,1H3,(H,22,23). The fraction of sp³-hybridized carbons (Fsp3) is 0.200. The Morgan fingerprint density at radius 1 is 1.16 bits per heavy atom. The molecule has 2 N–H and O–H groups in total. The van der Waals surface area contributed by atoms with Gasteiger partial charge in [0.1, 0.15) is 5.75 Å². The number of hydroxylamine groups is 1. The minimum Gasteiger partial charge on any atom is -0.494 e. The lowest BCUT2D eigenvalue weighted by atomic mass is 10.0. The van der Waals surface area contributed by atoms with Gasteiger partial charge in [0, 0.05) is 17.4 Å². The third-order valence-corrected chi connectivity index (χ3v) is 4.01. The number of carbonyl (C=O) groups is 1. The number of hydrogen-bond acceptors (Lipinski definition) is 4. The number of aryl methyl sites for hydroxylation is 1. The van der Waals surface area contributed by atoms with Crippen molar-refractivity contribution < 1.29 is 14.7 Å². The van der Waals surface area contributed by atoms with Gasteiger partial charge in [-0.1, -0.05) is 18.2 Å². The molecule has 5 heteroatoms. The Labute approximate surface area is 146 Å². The average molecular weight is 336 g/mol. The molecular weight excluding hydrogens is 316 g/mol. The number of rotatable bonds is 6. The van der Waals surface area contributed by atoms with Crippen LogP contribution in [-0.4, -0.2) is 22.7 Å². The molecule has 0 aliphatic carbocycles. The largest absolute Gasteiger partial charge is 0.494 e. The number of nitrogens with zero attached hydrogens (tertiary/aromatic N) is 1. The number of pyridine rings is 1. The van der Waals surface area contributed by atoms with E-state index >= 15 is 0 Å². The lowest BCUT2D eigenvalue weighted by Gasteiger charge is -2.10. The summed E-state index contributed by atoms with van der Waals surface area (Å²) in [6.45, 7) is 2.58. The molecule has 0 radical (unpaired) electrons. The third kappa shape index (κ3) is 3.95. The summed E-state index contributed by atoms with van der Waals surface area (Å²) < 4.78 is 5.48. The topological polar surface area (TPSA) is 71.5 Å². The maximum absolute atomic E-state index is 11.4. The van der Waals surface area contributed by atoms with E-state index in [-0.39, 0.29) is 6.42 Å². The molecular formula is C20H20N2O3. The van der Waals surface area contributed by atoms with E-state index in [1.54, 1.807) is 5.48 Å². The number of carbonyl (C=O) groups excluding carboxylic acids is 1. The molecule has 2 aromatic carbocycles. The minimum absolute atomic E-state index is 0.216. The first-order valence-corrected chi connectivity index (χ1v) is 8.26. The first-order chi connectivity index (χ1) is 12.2. The summed E-state index contributed by atoms with van der Waals surface area (Å²) in [5.74, 6) is 0.426. The van der Waals surface area contributed by atoms with E-state index < -0.39 is 5.91 Å². The molecule has 1 heterocycles. The second kappa shape index (κ2) is 7.77. The van der Waals surface area contributed by atoms with Crippen LogP contribution in [0, 0.1) is 0 Å². The van der Waals surface area contributed by atoms with Crippen molar-refractivity contribution in [2.24, 2.45) is 0 Å². The predicted molar refractivity (Wildman–Crippen MR) is 96.6 cm³/mol. The fourth-order valence-electron chi connectivity index (χ4n) is 2.79. The summed E-state index contributed by atoms with van der Waals surface area (Å²) in [5, 5.41) is 9.72. The fourth-order valence-corrected chi connectivity index (χ4v) is 2.79. The number of ether oxygens (including phenoxy) is 1. The molecule has 0 fully saturated rings. The van der Waals surface area contributed by atoms with Crippen LogP contribution in [0.1, 0.15) is 18.9 Å². The molecule has 0 spiro atoms. The van der Waals surface area contributed by atoms with Crippen molar-refractivity contribution in [1.29, 1.82) is 0 Å². The van der Waals surface area contributed by atoms with Gasteiger partial charge in [-0.2, -0.15) is 0 Å². The van der Waals surface area contributed by atoms with Crippen LogP contribution < -0.4 is 10.2 Å². The van der Waals surface area contributed by atoms with Crippen molar-refractivity contribution in [3.05, 3.63) is 60.2 Å². The molecule has 1 amide bonds. The van der Waals surface area contributed by atoms with Crippen LogP contribution in [0.25, 0.3) is 22.2 Å². The summed E-state index contributed by atoms with van der Waals surface area (Å²) in [6.07, 6.45) is 0.743. The summed E-state index contributed by atoms with van der Waals surface area (Å²) in [7, 11) is 0. The number of amides is 1. The Bertz CT molecular complexity index is 876. The number of para-hydroxylation sites is 1. The van der Waals surface area contributed by atoms with E-state index in [9.17, 15) is 4.79 Å². The smallest absolute Gasteiger partial charge is 0.243 e. The highest BCUT2D eigenvalue weighted by molar-refractivity contribution is 5.86. The molecule has 5 nitrogen and oxygen atoms in total. The van der Waals surface area contributed by atoms with E-state index in [0.717, 1.165) is 33.5 Å². The van der Waals surface area contributed by atoms with Gasteiger partial charge in [0.15, 0.2) is 0 Å². The van der Waals surface area contributed by atoms with Gasteiger partial charge in [-0.25, -0.2) is 10.5 Å². The van der Waals surface area contributed by atoms with Crippen LogP contribution in [0.5, 0.6) is 5.75 Å². The average Bonchev–Trinajstić information content (AvgIpc) is 2.66. The van der Waals surface area contributed by atoms with E-state index in [1.807, 2.05) is 61.5 Å². The van der Waals surface area contributed by atoms with E-state index in [4.69, 9.17) is 14.9 Å². The monoisotopic (exact) mass is 336 g/mol. The molecule has 1 aromatic heterocycles. The lowest BCUT2D eigenvalue weighted by Crippen LogP contribution is -2.18. The molecule has 3 rings (SSSR count). The number of nitrogens with one attached hydrogen (secondary N) is 1. The van der Waals surface area contributed by atoms with E-state index in [2.05, 4.69) is 0 Å². The Kier molecular flexibility index (Phi) is 5.26. The normalized spacial score (nSPS) is 10.6. The second-order valence-corrected chi connectivity index (χ2v) is 5.68. The Morgan fingerprint density at radius 3 is 2.64 bits per heavy atom. The maximum atomic E-state index is 11.4. The minimum atomic E-state index is -0.400. The Balaban J connectivity index is 1.99. The molecule has 0 unspecified atom stereocenters. The van der Waals surface area contributed by atoms with Crippen molar-refractivity contribution in [1.82, 2.24) is 10.5 Å². The van der Waals surface area contributed by atoms with Gasteiger partial charge in [-0.05, 0) is 55.3 Å². The van der Waals surface area contributed by atoms with Crippen LogP contribution in [0.4, 0.5) is 0 Å². The van der Waals surface area contributed by atoms with Crippen molar-refractivity contribution in [3.63, 3.8) is 0 Å². The van der Waals surface area contributed by atoms with E-state index in [0.29, 0.717) is 13.0 Å². The van der Waals surface area contributed by atoms with Crippen molar-refractivity contribution in [2.45, 2.75) is 19.8 Å². The van der Waals surface area contributed by atoms with Gasteiger partial charge in [-0.15, -0.1) is 0 Å². The number of benzene rings is 2. The first-order valence-electron chi connectivity index (χ1n) is 8.26. The summed E-state index contributed by atoms with van der Waals surface area (Å²) in [6, 6.07) is 17.7. The molecule has 0 atom stereocenters. The molecule has 0 aliphatic heterocycles. The molecule has 0 bridgehead atoms. The third-order valence-electron chi connectivity index (χ3n) is 4.01. The molecule has 128 valence electrons. The zero-order valence-electron chi connectivity index (χ0n) is 14.0. The highest BCUT2D eigenvalue weighted by Gasteiger charge is 2.09. The van der Waals surface area contributed by atoms with Crippen LogP contribution in [0.2, 0.25) is 0 Å². The summed E-state index contributed by atoms with van der Waals surface area (Å²) in [5.41, 5.74) is 5.42. The lowest BCUT2D eigenvalue weighted by molar-refractivity contribution is -0.129.